The molecule has 1 saturated heterocycles. The summed E-state index contributed by atoms with van der Waals surface area (Å²) in [4.78, 5) is 18.1. The van der Waals surface area contributed by atoms with Crippen LogP contribution in [0.5, 0.6) is 5.88 Å². The van der Waals surface area contributed by atoms with E-state index >= 15 is 0 Å². The van der Waals surface area contributed by atoms with E-state index in [-0.39, 0.29) is 11.4 Å². The summed E-state index contributed by atoms with van der Waals surface area (Å²) in [5.74, 6) is -0.796. The van der Waals surface area contributed by atoms with Gasteiger partial charge in [-0.3, -0.25) is 4.79 Å². The number of nitrogens with zero attached hydrogens (tertiary/aromatic N) is 2. The molecule has 1 aliphatic rings. The highest BCUT2D eigenvalue weighted by molar-refractivity contribution is 5.96. The molecule has 0 radical (unpaired) electrons. The minimum absolute atomic E-state index is 0.00363. The second-order valence-corrected chi connectivity index (χ2v) is 5.46. The van der Waals surface area contributed by atoms with Gasteiger partial charge in [0, 0.05) is 38.9 Å². The highest BCUT2D eigenvalue weighted by Gasteiger charge is 2.29. The Balaban J connectivity index is 1.79. The van der Waals surface area contributed by atoms with Crippen LogP contribution in [0.3, 0.4) is 0 Å². The van der Waals surface area contributed by atoms with Crippen LogP contribution in [0, 0.1) is 0 Å². The Bertz CT molecular complexity index is 534. The lowest BCUT2D eigenvalue weighted by Gasteiger charge is -2.27. The first-order chi connectivity index (χ1) is 11.5. The van der Waals surface area contributed by atoms with Gasteiger partial charge in [0.05, 0.1) is 0 Å². The van der Waals surface area contributed by atoms with E-state index in [9.17, 15) is 18.0 Å². The SMILES string of the molecule is O=C(NCCCN1CCNCC1)c1cccnc1OCC(F)(F)F. The third-order valence-corrected chi connectivity index (χ3v) is 3.53. The number of piperazine rings is 1. The van der Waals surface area contributed by atoms with E-state index in [1.165, 1.54) is 18.3 Å². The number of carbonyl (C=O) groups excluding carboxylic acids is 1. The van der Waals surface area contributed by atoms with Crippen LogP contribution < -0.4 is 15.4 Å². The van der Waals surface area contributed by atoms with Crippen molar-refractivity contribution in [2.24, 2.45) is 0 Å². The minimum Gasteiger partial charge on any atom is -0.467 e. The third-order valence-electron chi connectivity index (χ3n) is 3.53. The van der Waals surface area contributed by atoms with Gasteiger partial charge in [-0.05, 0) is 25.1 Å². The molecule has 1 aromatic rings. The van der Waals surface area contributed by atoms with Crippen molar-refractivity contribution < 1.29 is 22.7 Å². The molecule has 6 nitrogen and oxygen atoms in total. The van der Waals surface area contributed by atoms with Gasteiger partial charge >= 0.3 is 6.18 Å². The number of rotatable bonds is 7. The molecule has 1 amide bonds. The van der Waals surface area contributed by atoms with Crippen molar-refractivity contribution in [1.82, 2.24) is 20.5 Å². The largest absolute Gasteiger partial charge is 0.467 e. The van der Waals surface area contributed by atoms with Gasteiger partial charge in [-0.2, -0.15) is 13.2 Å². The Morgan fingerprint density at radius 3 is 2.83 bits per heavy atom. The van der Waals surface area contributed by atoms with E-state index in [4.69, 9.17) is 0 Å². The monoisotopic (exact) mass is 346 g/mol. The van der Waals surface area contributed by atoms with E-state index in [0.29, 0.717) is 6.54 Å². The fourth-order valence-corrected chi connectivity index (χ4v) is 2.36. The fourth-order valence-electron chi connectivity index (χ4n) is 2.36. The van der Waals surface area contributed by atoms with Gasteiger partial charge < -0.3 is 20.3 Å². The van der Waals surface area contributed by atoms with E-state index in [0.717, 1.165) is 39.1 Å². The molecular formula is C15H21F3N4O2. The zero-order valence-electron chi connectivity index (χ0n) is 13.2. The number of amides is 1. The molecule has 0 atom stereocenters. The van der Waals surface area contributed by atoms with Crippen molar-refractivity contribution in [3.8, 4) is 5.88 Å². The predicted molar refractivity (Wildman–Crippen MR) is 82.0 cm³/mol. The van der Waals surface area contributed by atoms with Gasteiger partial charge in [-0.1, -0.05) is 0 Å². The number of carbonyl (C=O) groups is 1. The molecule has 0 aliphatic carbocycles. The molecule has 2 rings (SSSR count). The normalized spacial score (nSPS) is 16.0. The van der Waals surface area contributed by atoms with Crippen molar-refractivity contribution in [2.75, 3.05) is 45.9 Å². The van der Waals surface area contributed by atoms with Gasteiger partial charge in [0.1, 0.15) is 5.56 Å². The van der Waals surface area contributed by atoms with Crippen LogP contribution in [-0.4, -0.2) is 67.8 Å². The molecule has 0 saturated carbocycles. The summed E-state index contributed by atoms with van der Waals surface area (Å²) in [5, 5.41) is 5.95. The molecule has 1 aliphatic heterocycles. The summed E-state index contributed by atoms with van der Waals surface area (Å²) < 4.78 is 41.3. The van der Waals surface area contributed by atoms with E-state index < -0.39 is 18.7 Å². The maximum Gasteiger partial charge on any atom is 0.422 e. The second-order valence-electron chi connectivity index (χ2n) is 5.46. The Kier molecular flexibility index (Phi) is 6.80. The number of nitrogens with one attached hydrogen (secondary N) is 2. The van der Waals surface area contributed by atoms with Gasteiger partial charge in [0.25, 0.3) is 5.91 Å². The van der Waals surface area contributed by atoms with E-state index in [1.807, 2.05) is 0 Å². The molecule has 2 heterocycles. The number of hydrogen-bond donors (Lipinski definition) is 2. The van der Waals surface area contributed by atoms with E-state index in [2.05, 4.69) is 25.3 Å². The number of hydrogen-bond acceptors (Lipinski definition) is 5. The average molecular weight is 346 g/mol. The lowest BCUT2D eigenvalue weighted by molar-refractivity contribution is -0.154. The Morgan fingerprint density at radius 1 is 1.38 bits per heavy atom. The molecule has 24 heavy (non-hydrogen) atoms. The molecular weight excluding hydrogens is 325 g/mol. The third kappa shape index (κ3) is 6.32. The standard InChI is InChI=1S/C15H21F3N4O2/c16-15(17,18)11-24-14-12(3-1-4-21-14)13(23)20-5-2-8-22-9-6-19-7-10-22/h1,3-4,19H,2,5-11H2,(H,20,23). The van der Waals surface area contributed by atoms with Gasteiger partial charge in [-0.25, -0.2) is 4.98 Å². The highest BCUT2D eigenvalue weighted by Crippen LogP contribution is 2.19. The minimum atomic E-state index is -4.48. The number of pyridine rings is 1. The Morgan fingerprint density at radius 2 is 2.12 bits per heavy atom. The van der Waals surface area contributed by atoms with Crippen LogP contribution in [0.1, 0.15) is 16.8 Å². The van der Waals surface area contributed by atoms with Crippen LogP contribution in [-0.2, 0) is 0 Å². The molecule has 1 aromatic heterocycles. The first-order valence-electron chi connectivity index (χ1n) is 7.81. The fraction of sp³-hybridized carbons (Fsp3) is 0.600. The predicted octanol–water partition coefficient (Wildman–Crippen LogP) is 1.05. The molecule has 0 bridgehead atoms. The maximum absolute atomic E-state index is 12.2. The van der Waals surface area contributed by atoms with Crippen LogP contribution in [0.25, 0.3) is 0 Å². The summed E-state index contributed by atoms with van der Waals surface area (Å²) in [6.07, 6.45) is -2.42. The Labute approximate surface area is 138 Å². The number of ether oxygens (including phenoxy) is 1. The lowest BCUT2D eigenvalue weighted by atomic mass is 10.2. The zero-order chi connectivity index (χ0) is 17.4. The highest BCUT2D eigenvalue weighted by atomic mass is 19.4. The van der Waals surface area contributed by atoms with Crippen molar-refractivity contribution in [3.05, 3.63) is 23.9 Å². The molecule has 9 heteroatoms. The topological polar surface area (TPSA) is 66.5 Å². The van der Waals surface area contributed by atoms with Crippen molar-refractivity contribution in [2.45, 2.75) is 12.6 Å². The zero-order valence-corrected chi connectivity index (χ0v) is 13.2. The second kappa shape index (κ2) is 8.84. The van der Waals surface area contributed by atoms with Crippen LogP contribution in [0.15, 0.2) is 18.3 Å². The summed E-state index contributed by atoms with van der Waals surface area (Å²) in [7, 11) is 0. The first-order valence-corrected chi connectivity index (χ1v) is 7.81. The summed E-state index contributed by atoms with van der Waals surface area (Å²) in [5.41, 5.74) is 0.00363. The Hall–Kier alpha value is -1.87. The number of halogens is 3. The van der Waals surface area contributed by atoms with E-state index in [1.54, 1.807) is 0 Å². The molecule has 2 N–H and O–H groups in total. The van der Waals surface area contributed by atoms with Crippen LogP contribution in [0.2, 0.25) is 0 Å². The first kappa shape index (κ1) is 18.5. The van der Waals surface area contributed by atoms with Crippen molar-refractivity contribution in [1.29, 1.82) is 0 Å². The van der Waals surface area contributed by atoms with Gasteiger partial charge in [0.15, 0.2) is 6.61 Å². The molecule has 0 aromatic carbocycles. The average Bonchev–Trinajstić information content (AvgIpc) is 2.57. The van der Waals surface area contributed by atoms with Gasteiger partial charge in [-0.15, -0.1) is 0 Å². The molecule has 134 valence electrons. The van der Waals surface area contributed by atoms with Crippen molar-refractivity contribution >= 4 is 5.91 Å². The smallest absolute Gasteiger partial charge is 0.422 e. The summed E-state index contributed by atoms with van der Waals surface area (Å²) >= 11 is 0. The van der Waals surface area contributed by atoms with Crippen LogP contribution >= 0.6 is 0 Å². The van der Waals surface area contributed by atoms with Crippen LogP contribution in [0.4, 0.5) is 13.2 Å². The molecule has 0 spiro atoms. The summed E-state index contributed by atoms with van der Waals surface area (Å²) in [6, 6.07) is 2.88. The van der Waals surface area contributed by atoms with Gasteiger partial charge in [0.2, 0.25) is 5.88 Å². The quantitative estimate of drug-likeness (QED) is 0.723. The number of aromatic nitrogens is 1. The lowest BCUT2D eigenvalue weighted by Crippen LogP contribution is -2.44. The number of alkyl halides is 3. The van der Waals surface area contributed by atoms with Crippen molar-refractivity contribution in [3.63, 3.8) is 0 Å². The molecule has 1 fully saturated rings. The summed E-state index contributed by atoms with van der Waals surface area (Å²) in [6.45, 7) is 3.71. The molecule has 0 unspecified atom stereocenters. The maximum atomic E-state index is 12.2.